The number of hydrogen-bond donors (Lipinski definition) is 1. The molecule has 30 heavy (non-hydrogen) atoms. The van der Waals surface area contributed by atoms with Gasteiger partial charge in [-0.15, -0.1) is 0 Å². The molecule has 4 rings (SSSR count). The summed E-state index contributed by atoms with van der Waals surface area (Å²) >= 11 is 0. The second-order valence-corrected chi connectivity index (χ2v) is 7.80. The number of rotatable bonds is 7. The van der Waals surface area contributed by atoms with Crippen LogP contribution in [0.25, 0.3) is 0 Å². The van der Waals surface area contributed by atoms with Gasteiger partial charge in [0.15, 0.2) is 0 Å². The van der Waals surface area contributed by atoms with E-state index in [0.29, 0.717) is 13.1 Å². The number of aryl methyl sites for hydroxylation is 1. The smallest absolute Gasteiger partial charge is 0.318 e. The van der Waals surface area contributed by atoms with Gasteiger partial charge in [-0.05, 0) is 38.7 Å². The summed E-state index contributed by atoms with van der Waals surface area (Å²) < 4.78 is 3.97. The highest BCUT2D eigenvalue weighted by molar-refractivity contribution is 5.74. The molecule has 158 valence electrons. The number of amides is 2. The molecule has 2 aromatic heterocycles. The van der Waals surface area contributed by atoms with Gasteiger partial charge in [-0.2, -0.15) is 10.2 Å². The van der Waals surface area contributed by atoms with Crippen LogP contribution in [-0.2, 0) is 26.1 Å². The number of hydrogen-bond acceptors (Lipinski definition) is 3. The zero-order valence-electron chi connectivity index (χ0n) is 17.8. The van der Waals surface area contributed by atoms with Crippen molar-refractivity contribution in [2.24, 2.45) is 0 Å². The molecule has 7 heteroatoms. The molecule has 1 N–H and O–H groups in total. The average molecular weight is 407 g/mol. The van der Waals surface area contributed by atoms with E-state index in [1.165, 1.54) is 11.3 Å². The largest absolute Gasteiger partial charge is 0.331 e. The molecule has 2 heterocycles. The lowest BCUT2D eigenvalue weighted by Crippen LogP contribution is -2.41. The minimum Gasteiger partial charge on any atom is -0.331 e. The van der Waals surface area contributed by atoms with Crippen molar-refractivity contribution in [3.05, 3.63) is 71.3 Å². The van der Waals surface area contributed by atoms with Crippen molar-refractivity contribution in [3.63, 3.8) is 0 Å². The fraction of sp³-hybridized carbons (Fsp3) is 0.435. The molecule has 3 aromatic rings. The van der Waals surface area contributed by atoms with Gasteiger partial charge in [0.25, 0.3) is 0 Å². The molecule has 0 radical (unpaired) electrons. The molecule has 1 aliphatic rings. The molecule has 1 aromatic carbocycles. The van der Waals surface area contributed by atoms with E-state index >= 15 is 0 Å². The van der Waals surface area contributed by atoms with Gasteiger partial charge < -0.3 is 10.2 Å². The first-order chi connectivity index (χ1) is 14.7. The van der Waals surface area contributed by atoms with Crippen LogP contribution in [0.3, 0.4) is 0 Å². The summed E-state index contributed by atoms with van der Waals surface area (Å²) in [5, 5.41) is 12.2. The minimum absolute atomic E-state index is 0.0122. The highest BCUT2D eigenvalue weighted by Gasteiger charge is 2.27. The van der Waals surface area contributed by atoms with Crippen molar-refractivity contribution in [2.75, 3.05) is 6.54 Å². The van der Waals surface area contributed by atoms with Gasteiger partial charge in [-0.3, -0.25) is 9.36 Å². The summed E-state index contributed by atoms with van der Waals surface area (Å²) in [7, 11) is 0. The van der Waals surface area contributed by atoms with Gasteiger partial charge in [0.2, 0.25) is 0 Å². The summed E-state index contributed by atoms with van der Waals surface area (Å²) in [4.78, 5) is 14.8. The molecule has 1 aliphatic carbocycles. The van der Waals surface area contributed by atoms with E-state index in [2.05, 4.69) is 51.4 Å². The number of nitrogens with zero attached hydrogens (tertiary/aromatic N) is 5. The maximum absolute atomic E-state index is 13.0. The zero-order chi connectivity index (χ0) is 20.9. The SMILES string of the molecule is CCN(Cc1cnn(CC)c1)C(=O)NC1CCCc2c1cnn2Cc1ccccc1. The highest BCUT2D eigenvalue weighted by Crippen LogP contribution is 2.30. The zero-order valence-corrected chi connectivity index (χ0v) is 17.8. The molecule has 0 saturated carbocycles. The summed E-state index contributed by atoms with van der Waals surface area (Å²) in [6.07, 6.45) is 8.77. The monoisotopic (exact) mass is 406 g/mol. The predicted molar refractivity (Wildman–Crippen MR) is 116 cm³/mol. The van der Waals surface area contributed by atoms with Crippen molar-refractivity contribution in [2.45, 2.75) is 58.8 Å². The first-order valence-corrected chi connectivity index (χ1v) is 10.8. The van der Waals surface area contributed by atoms with E-state index in [1.807, 2.05) is 41.2 Å². The molecule has 2 amide bonds. The van der Waals surface area contributed by atoms with Crippen molar-refractivity contribution in [1.29, 1.82) is 0 Å². The Kier molecular flexibility index (Phi) is 6.16. The first kappa shape index (κ1) is 20.2. The Morgan fingerprint density at radius 2 is 2.00 bits per heavy atom. The quantitative estimate of drug-likeness (QED) is 0.650. The van der Waals surface area contributed by atoms with Gasteiger partial charge in [0.05, 0.1) is 31.5 Å². The van der Waals surface area contributed by atoms with E-state index in [0.717, 1.165) is 43.5 Å². The van der Waals surface area contributed by atoms with Crippen LogP contribution in [0.15, 0.2) is 48.9 Å². The van der Waals surface area contributed by atoms with E-state index in [1.54, 1.807) is 0 Å². The molecule has 0 fully saturated rings. The van der Waals surface area contributed by atoms with Gasteiger partial charge in [-0.1, -0.05) is 30.3 Å². The van der Waals surface area contributed by atoms with Gasteiger partial charge in [0.1, 0.15) is 0 Å². The molecule has 7 nitrogen and oxygen atoms in total. The van der Waals surface area contributed by atoms with Crippen LogP contribution < -0.4 is 5.32 Å². The summed E-state index contributed by atoms with van der Waals surface area (Å²) in [5.74, 6) is 0. The van der Waals surface area contributed by atoms with Crippen LogP contribution in [-0.4, -0.2) is 37.0 Å². The number of aromatic nitrogens is 4. The Labute approximate surface area is 177 Å². The predicted octanol–water partition coefficient (Wildman–Crippen LogP) is 3.76. The average Bonchev–Trinajstić information content (AvgIpc) is 3.40. The second-order valence-electron chi connectivity index (χ2n) is 7.80. The third-order valence-electron chi connectivity index (χ3n) is 5.79. The number of carbonyl (C=O) groups excluding carboxylic acids is 1. The van der Waals surface area contributed by atoms with E-state index in [9.17, 15) is 4.79 Å². The number of nitrogens with one attached hydrogen (secondary N) is 1. The van der Waals surface area contributed by atoms with Crippen molar-refractivity contribution >= 4 is 6.03 Å². The van der Waals surface area contributed by atoms with Crippen molar-refractivity contribution in [3.8, 4) is 0 Å². The molecule has 0 spiro atoms. The van der Waals surface area contributed by atoms with Gasteiger partial charge in [-0.25, -0.2) is 4.79 Å². The third kappa shape index (κ3) is 4.40. The molecular weight excluding hydrogens is 376 g/mol. The summed E-state index contributed by atoms with van der Waals surface area (Å²) in [6, 6.07) is 10.4. The third-order valence-corrected chi connectivity index (χ3v) is 5.79. The molecule has 0 bridgehead atoms. The minimum atomic E-state index is -0.0320. The van der Waals surface area contributed by atoms with E-state index in [4.69, 9.17) is 0 Å². The Balaban J connectivity index is 1.44. The van der Waals surface area contributed by atoms with Crippen LogP contribution in [0.1, 0.15) is 55.1 Å². The van der Waals surface area contributed by atoms with Crippen molar-refractivity contribution in [1.82, 2.24) is 29.8 Å². The Morgan fingerprint density at radius 3 is 2.73 bits per heavy atom. The lowest BCUT2D eigenvalue weighted by molar-refractivity contribution is 0.192. The second kappa shape index (κ2) is 9.15. The number of carbonyl (C=O) groups is 1. The Morgan fingerprint density at radius 1 is 1.17 bits per heavy atom. The maximum Gasteiger partial charge on any atom is 0.318 e. The molecule has 0 aliphatic heterocycles. The molecular formula is C23H30N6O. The van der Waals surface area contributed by atoms with E-state index < -0.39 is 0 Å². The van der Waals surface area contributed by atoms with E-state index in [-0.39, 0.29) is 12.1 Å². The highest BCUT2D eigenvalue weighted by atomic mass is 16.2. The molecule has 1 unspecified atom stereocenters. The van der Waals surface area contributed by atoms with Gasteiger partial charge in [0, 0.05) is 36.1 Å². The molecule has 0 saturated heterocycles. The molecule has 1 atom stereocenters. The summed E-state index contributed by atoms with van der Waals surface area (Å²) in [6.45, 7) is 6.87. The Hall–Kier alpha value is -3.09. The van der Waals surface area contributed by atoms with Crippen LogP contribution in [0, 0.1) is 0 Å². The number of urea groups is 1. The topological polar surface area (TPSA) is 68.0 Å². The maximum atomic E-state index is 13.0. The van der Waals surface area contributed by atoms with Crippen LogP contribution >= 0.6 is 0 Å². The van der Waals surface area contributed by atoms with Gasteiger partial charge >= 0.3 is 6.03 Å². The number of benzene rings is 1. The fourth-order valence-corrected chi connectivity index (χ4v) is 4.11. The summed E-state index contributed by atoms with van der Waals surface area (Å²) in [5.41, 5.74) is 4.68. The lowest BCUT2D eigenvalue weighted by Gasteiger charge is -2.28. The lowest BCUT2D eigenvalue weighted by atomic mass is 9.93. The fourth-order valence-electron chi connectivity index (χ4n) is 4.11. The van der Waals surface area contributed by atoms with Crippen molar-refractivity contribution < 1.29 is 4.79 Å². The van der Waals surface area contributed by atoms with Crippen LogP contribution in [0.4, 0.5) is 4.79 Å². The van der Waals surface area contributed by atoms with Crippen LogP contribution in [0.2, 0.25) is 0 Å². The van der Waals surface area contributed by atoms with Crippen LogP contribution in [0.5, 0.6) is 0 Å². The normalized spacial score (nSPS) is 15.6. The Bertz CT molecular complexity index is 977. The number of fused-ring (bicyclic) bond motifs is 1. The standard InChI is InChI=1S/C23H30N6O/c1-3-27(15-19-13-24-28(4-2)16-19)23(30)26-21-11-8-12-22-20(21)14-25-29(22)17-18-9-6-5-7-10-18/h5-7,9-10,13-14,16,21H,3-4,8,11-12,15,17H2,1-2H3,(H,26,30). The first-order valence-electron chi connectivity index (χ1n) is 10.8.